The van der Waals surface area contributed by atoms with Crippen LogP contribution in [0.4, 0.5) is 0 Å². The molecule has 0 saturated carbocycles. The summed E-state index contributed by atoms with van der Waals surface area (Å²) >= 11 is 1.57. The molecule has 5 nitrogen and oxygen atoms in total. The van der Waals surface area contributed by atoms with E-state index in [-0.39, 0.29) is 24.0 Å². The number of aliphatic imine (C=N–C) groups is 1. The maximum Gasteiger partial charge on any atom is 0.191 e. The number of hydrogen-bond donors (Lipinski definition) is 2. The van der Waals surface area contributed by atoms with Gasteiger partial charge in [0.05, 0.1) is 18.5 Å². The summed E-state index contributed by atoms with van der Waals surface area (Å²) in [6.07, 6.45) is 1.65. The maximum absolute atomic E-state index is 5.29. The molecular weight excluding hydrogens is 363 g/mol. The van der Waals surface area contributed by atoms with Crippen LogP contribution >= 0.6 is 35.3 Å². The lowest BCUT2D eigenvalue weighted by Crippen LogP contribution is -2.34. The van der Waals surface area contributed by atoms with E-state index >= 15 is 0 Å². The Bertz CT molecular complexity index is 495. The first-order valence-corrected chi connectivity index (χ1v) is 6.08. The van der Waals surface area contributed by atoms with Crippen molar-refractivity contribution in [2.75, 3.05) is 14.1 Å². The van der Waals surface area contributed by atoms with Gasteiger partial charge in [-0.05, 0) is 12.1 Å². The Morgan fingerprint density at radius 2 is 2.39 bits per heavy atom. The lowest BCUT2D eigenvalue weighted by atomic mass is 10.4. The van der Waals surface area contributed by atoms with Crippen molar-refractivity contribution in [3.8, 4) is 10.8 Å². The van der Waals surface area contributed by atoms with Crippen LogP contribution in [-0.4, -0.2) is 25.0 Å². The zero-order chi connectivity index (χ0) is 12.1. The van der Waals surface area contributed by atoms with Crippen molar-refractivity contribution in [1.82, 2.24) is 15.6 Å². The Balaban J connectivity index is 0.00000162. The normalized spacial score (nSPS) is 10.9. The third-order valence-electron chi connectivity index (χ3n) is 2.18. The number of thiazole rings is 1. The molecule has 98 valence electrons. The quantitative estimate of drug-likeness (QED) is 0.489. The molecule has 2 N–H and O–H groups in total. The van der Waals surface area contributed by atoms with Gasteiger partial charge in [0.1, 0.15) is 0 Å². The lowest BCUT2D eigenvalue weighted by molar-refractivity contribution is 0.581. The van der Waals surface area contributed by atoms with Gasteiger partial charge in [0.2, 0.25) is 0 Å². The Hall–Kier alpha value is -1.09. The highest BCUT2D eigenvalue weighted by atomic mass is 127. The molecule has 2 heterocycles. The predicted octanol–water partition coefficient (Wildman–Crippen LogP) is 2.32. The maximum atomic E-state index is 5.29. The van der Waals surface area contributed by atoms with Crippen LogP contribution in [0.1, 0.15) is 5.69 Å². The van der Waals surface area contributed by atoms with Gasteiger partial charge in [0.25, 0.3) is 0 Å². The van der Waals surface area contributed by atoms with Crippen LogP contribution in [0.3, 0.4) is 0 Å². The van der Waals surface area contributed by atoms with Crippen molar-refractivity contribution in [2.45, 2.75) is 6.54 Å². The zero-order valence-corrected chi connectivity index (χ0v) is 13.3. The monoisotopic (exact) mass is 378 g/mol. The third-order valence-corrected chi connectivity index (χ3v) is 3.09. The minimum Gasteiger partial charge on any atom is -0.462 e. The second-order valence-electron chi connectivity index (χ2n) is 3.30. The van der Waals surface area contributed by atoms with E-state index in [0.29, 0.717) is 6.54 Å². The molecule has 0 unspecified atom stereocenters. The zero-order valence-electron chi connectivity index (χ0n) is 10.1. The number of rotatable bonds is 3. The SMILES string of the molecule is CN=C(NC)NCc1csc(-c2ccco2)n1.I. The number of furan rings is 1. The molecule has 0 bridgehead atoms. The summed E-state index contributed by atoms with van der Waals surface area (Å²) in [4.78, 5) is 8.50. The summed E-state index contributed by atoms with van der Waals surface area (Å²) in [5.74, 6) is 1.55. The molecule has 2 aromatic heterocycles. The van der Waals surface area contributed by atoms with Gasteiger partial charge in [-0.15, -0.1) is 35.3 Å². The van der Waals surface area contributed by atoms with E-state index < -0.39 is 0 Å². The van der Waals surface area contributed by atoms with Crippen LogP contribution in [0.25, 0.3) is 10.8 Å². The number of nitrogens with one attached hydrogen (secondary N) is 2. The van der Waals surface area contributed by atoms with Crippen LogP contribution in [-0.2, 0) is 6.54 Å². The summed E-state index contributed by atoms with van der Waals surface area (Å²) in [5.41, 5.74) is 0.970. The van der Waals surface area contributed by atoms with Gasteiger partial charge in [-0.3, -0.25) is 4.99 Å². The molecule has 0 aliphatic carbocycles. The highest BCUT2D eigenvalue weighted by molar-refractivity contribution is 14.0. The van der Waals surface area contributed by atoms with E-state index in [1.165, 1.54) is 0 Å². The predicted molar refractivity (Wildman–Crippen MR) is 84.5 cm³/mol. The van der Waals surface area contributed by atoms with E-state index in [4.69, 9.17) is 4.42 Å². The third kappa shape index (κ3) is 3.70. The van der Waals surface area contributed by atoms with Gasteiger partial charge >= 0.3 is 0 Å². The molecule has 0 atom stereocenters. The Morgan fingerprint density at radius 1 is 1.56 bits per heavy atom. The van der Waals surface area contributed by atoms with Crippen LogP contribution in [0.15, 0.2) is 33.2 Å². The first-order valence-electron chi connectivity index (χ1n) is 5.20. The minimum atomic E-state index is 0. The molecule has 0 aromatic carbocycles. The Labute approximate surface area is 127 Å². The van der Waals surface area contributed by atoms with E-state index in [1.54, 1.807) is 24.6 Å². The molecule has 0 aliphatic rings. The first-order chi connectivity index (χ1) is 8.33. The number of guanidine groups is 1. The number of halogens is 1. The summed E-state index contributed by atoms with van der Waals surface area (Å²) in [7, 11) is 3.55. The van der Waals surface area contributed by atoms with Crippen molar-refractivity contribution in [3.63, 3.8) is 0 Å². The van der Waals surface area contributed by atoms with Crippen molar-refractivity contribution in [3.05, 3.63) is 29.5 Å². The topological polar surface area (TPSA) is 62.5 Å². The fraction of sp³-hybridized carbons (Fsp3) is 0.273. The molecule has 0 amide bonds. The summed E-state index contributed by atoms with van der Waals surface area (Å²) < 4.78 is 5.29. The lowest BCUT2D eigenvalue weighted by Gasteiger charge is -2.05. The number of nitrogens with zero attached hydrogens (tertiary/aromatic N) is 2. The average Bonchev–Trinajstić information content (AvgIpc) is 3.01. The van der Waals surface area contributed by atoms with Gasteiger partial charge in [-0.1, -0.05) is 0 Å². The average molecular weight is 378 g/mol. The standard InChI is InChI=1S/C11H14N4OS.HI/c1-12-11(13-2)14-6-8-7-17-10(15-8)9-4-3-5-16-9;/h3-5,7H,6H2,1-2H3,(H2,12,13,14);1H. The van der Waals surface area contributed by atoms with Gasteiger partial charge in [-0.25, -0.2) is 4.98 Å². The smallest absolute Gasteiger partial charge is 0.191 e. The van der Waals surface area contributed by atoms with Gasteiger partial charge in [0, 0.05) is 19.5 Å². The number of aromatic nitrogens is 1. The minimum absolute atomic E-state index is 0. The second kappa shape index (κ2) is 7.37. The molecule has 7 heteroatoms. The van der Waals surface area contributed by atoms with Crippen molar-refractivity contribution >= 4 is 41.3 Å². The Morgan fingerprint density at radius 3 is 3.00 bits per heavy atom. The number of hydrogen-bond acceptors (Lipinski definition) is 4. The fourth-order valence-electron chi connectivity index (χ4n) is 1.36. The Kier molecular flexibility index (Phi) is 6.13. The molecule has 0 radical (unpaired) electrons. The molecular formula is C11H15IN4OS. The second-order valence-corrected chi connectivity index (χ2v) is 4.16. The van der Waals surface area contributed by atoms with E-state index in [0.717, 1.165) is 22.4 Å². The largest absolute Gasteiger partial charge is 0.462 e. The van der Waals surface area contributed by atoms with Crippen molar-refractivity contribution in [2.24, 2.45) is 4.99 Å². The van der Waals surface area contributed by atoms with Crippen LogP contribution in [0, 0.1) is 0 Å². The summed E-state index contributed by atoms with van der Waals surface area (Å²) in [6, 6.07) is 3.76. The molecule has 0 saturated heterocycles. The van der Waals surface area contributed by atoms with Crippen LogP contribution in [0.5, 0.6) is 0 Å². The molecule has 18 heavy (non-hydrogen) atoms. The highest BCUT2D eigenvalue weighted by Gasteiger charge is 2.06. The van der Waals surface area contributed by atoms with Crippen LogP contribution < -0.4 is 10.6 Å². The molecule has 2 aromatic rings. The molecule has 0 spiro atoms. The van der Waals surface area contributed by atoms with Gasteiger partial charge in [-0.2, -0.15) is 0 Å². The van der Waals surface area contributed by atoms with Gasteiger partial charge < -0.3 is 15.1 Å². The molecule has 0 fully saturated rings. The van der Waals surface area contributed by atoms with Crippen molar-refractivity contribution < 1.29 is 4.42 Å². The fourth-order valence-corrected chi connectivity index (χ4v) is 2.14. The summed E-state index contributed by atoms with van der Waals surface area (Å²) in [5, 5.41) is 9.00. The highest BCUT2D eigenvalue weighted by Crippen LogP contribution is 2.23. The van der Waals surface area contributed by atoms with E-state index in [9.17, 15) is 0 Å². The first kappa shape index (κ1) is 15.0. The van der Waals surface area contributed by atoms with E-state index in [2.05, 4.69) is 20.6 Å². The summed E-state index contributed by atoms with van der Waals surface area (Å²) in [6.45, 7) is 0.644. The molecule has 0 aliphatic heterocycles. The van der Waals surface area contributed by atoms with Gasteiger partial charge in [0.15, 0.2) is 16.7 Å². The van der Waals surface area contributed by atoms with Crippen LogP contribution in [0.2, 0.25) is 0 Å². The van der Waals surface area contributed by atoms with Crippen molar-refractivity contribution in [1.29, 1.82) is 0 Å². The van der Waals surface area contributed by atoms with E-state index in [1.807, 2.05) is 24.6 Å². The molecule has 2 rings (SSSR count).